The summed E-state index contributed by atoms with van der Waals surface area (Å²) in [5.41, 5.74) is 3.53. The second kappa shape index (κ2) is 8.30. The number of hydrogen-bond acceptors (Lipinski definition) is 3. The number of rotatable bonds is 6. The molecule has 1 unspecified atom stereocenters. The average Bonchev–Trinajstić information content (AvgIpc) is 3.06. The van der Waals surface area contributed by atoms with E-state index in [1.54, 1.807) is 0 Å². The maximum atomic E-state index is 12.3. The first kappa shape index (κ1) is 17.7. The molecule has 1 aromatic heterocycles. The summed E-state index contributed by atoms with van der Waals surface area (Å²) in [6.07, 6.45) is 4.57. The van der Waals surface area contributed by atoms with Gasteiger partial charge in [0.2, 0.25) is 0 Å². The third-order valence-electron chi connectivity index (χ3n) is 4.74. The van der Waals surface area contributed by atoms with E-state index in [0.717, 1.165) is 36.7 Å². The minimum atomic E-state index is -0.170. The van der Waals surface area contributed by atoms with Crippen LogP contribution in [0.4, 0.5) is 5.69 Å². The van der Waals surface area contributed by atoms with Gasteiger partial charge in [0.15, 0.2) is 5.69 Å². The molecule has 0 radical (unpaired) electrons. The Morgan fingerprint density at radius 1 is 1.36 bits per heavy atom. The smallest absolute Gasteiger partial charge is 0.276 e. The van der Waals surface area contributed by atoms with Gasteiger partial charge in [0.25, 0.3) is 5.91 Å². The summed E-state index contributed by atoms with van der Waals surface area (Å²) >= 11 is 0. The monoisotopic (exact) mass is 340 g/mol. The second-order valence-corrected chi connectivity index (χ2v) is 7.16. The van der Waals surface area contributed by atoms with Crippen molar-refractivity contribution >= 4 is 11.6 Å². The molecule has 1 aliphatic rings. The van der Waals surface area contributed by atoms with E-state index in [4.69, 9.17) is 0 Å². The van der Waals surface area contributed by atoms with Gasteiger partial charge in [0.1, 0.15) is 0 Å². The van der Waals surface area contributed by atoms with E-state index in [9.17, 15) is 4.79 Å². The van der Waals surface area contributed by atoms with Crippen molar-refractivity contribution in [2.24, 2.45) is 5.92 Å². The first-order chi connectivity index (χ1) is 12.1. The van der Waals surface area contributed by atoms with E-state index in [0.29, 0.717) is 5.69 Å². The van der Waals surface area contributed by atoms with Crippen molar-refractivity contribution in [2.75, 3.05) is 18.4 Å². The molecule has 1 fully saturated rings. The topological polar surface area (TPSA) is 61.0 Å². The summed E-state index contributed by atoms with van der Waals surface area (Å²) in [5, 5.41) is 9.92. The molecule has 3 rings (SSSR count). The highest BCUT2D eigenvalue weighted by Crippen LogP contribution is 2.19. The Morgan fingerprint density at radius 3 is 2.88 bits per heavy atom. The van der Waals surface area contributed by atoms with Gasteiger partial charge in [-0.15, -0.1) is 0 Å². The van der Waals surface area contributed by atoms with Gasteiger partial charge in [-0.05, 0) is 55.5 Å². The zero-order valence-electron chi connectivity index (χ0n) is 15.2. The van der Waals surface area contributed by atoms with Crippen LogP contribution in [0.3, 0.4) is 0 Å². The average molecular weight is 340 g/mol. The molecular weight excluding hydrogens is 312 g/mol. The Balaban J connectivity index is 1.55. The molecule has 0 spiro atoms. The molecule has 0 saturated carbocycles. The first-order valence-electron chi connectivity index (χ1n) is 9.31. The number of piperidine rings is 1. The highest BCUT2D eigenvalue weighted by atomic mass is 16.1. The number of aryl methyl sites for hydroxylation is 1. The van der Waals surface area contributed by atoms with Crippen LogP contribution in [0.25, 0.3) is 0 Å². The van der Waals surface area contributed by atoms with Crippen LogP contribution in [0.2, 0.25) is 0 Å². The van der Waals surface area contributed by atoms with Gasteiger partial charge in [0, 0.05) is 24.5 Å². The number of aromatic amines is 1. The van der Waals surface area contributed by atoms with Crippen LogP contribution in [-0.4, -0.2) is 34.1 Å². The van der Waals surface area contributed by atoms with Gasteiger partial charge in [-0.25, -0.2) is 0 Å². The van der Waals surface area contributed by atoms with Gasteiger partial charge < -0.3 is 5.32 Å². The predicted molar refractivity (Wildman–Crippen MR) is 101 cm³/mol. The lowest BCUT2D eigenvalue weighted by Gasteiger charge is -2.30. The molecule has 0 bridgehead atoms. The Kier molecular flexibility index (Phi) is 5.87. The van der Waals surface area contributed by atoms with Crippen molar-refractivity contribution in [2.45, 2.75) is 46.1 Å². The lowest BCUT2D eigenvalue weighted by Crippen LogP contribution is -2.33. The SMILES string of the molecule is CCCc1cc(C(=O)Nc2ccc(CN3CCCC(C)C3)cc2)n[nH]1. The lowest BCUT2D eigenvalue weighted by atomic mass is 10.00. The Labute approximate surface area is 149 Å². The third kappa shape index (κ3) is 4.92. The molecule has 2 aromatic rings. The van der Waals surface area contributed by atoms with Crippen molar-refractivity contribution in [1.82, 2.24) is 15.1 Å². The lowest BCUT2D eigenvalue weighted by molar-refractivity contribution is 0.102. The summed E-state index contributed by atoms with van der Waals surface area (Å²) in [4.78, 5) is 14.8. The van der Waals surface area contributed by atoms with E-state index >= 15 is 0 Å². The molecule has 25 heavy (non-hydrogen) atoms. The van der Waals surface area contributed by atoms with E-state index in [-0.39, 0.29) is 5.91 Å². The fourth-order valence-electron chi connectivity index (χ4n) is 3.45. The number of carbonyl (C=O) groups is 1. The summed E-state index contributed by atoms with van der Waals surface area (Å²) in [5.74, 6) is 0.620. The first-order valence-corrected chi connectivity index (χ1v) is 9.31. The van der Waals surface area contributed by atoms with Gasteiger partial charge in [-0.1, -0.05) is 32.4 Å². The van der Waals surface area contributed by atoms with Gasteiger partial charge in [-0.3, -0.25) is 14.8 Å². The maximum Gasteiger partial charge on any atom is 0.276 e. The zero-order valence-corrected chi connectivity index (χ0v) is 15.2. The van der Waals surface area contributed by atoms with E-state index < -0.39 is 0 Å². The molecule has 2 N–H and O–H groups in total. The summed E-state index contributed by atoms with van der Waals surface area (Å²) in [6.45, 7) is 7.77. The van der Waals surface area contributed by atoms with Crippen LogP contribution in [0.5, 0.6) is 0 Å². The van der Waals surface area contributed by atoms with Crippen LogP contribution in [0.1, 0.15) is 54.9 Å². The van der Waals surface area contributed by atoms with Crippen LogP contribution < -0.4 is 5.32 Å². The zero-order chi connectivity index (χ0) is 17.6. The number of carbonyl (C=O) groups excluding carboxylic acids is 1. The fraction of sp³-hybridized carbons (Fsp3) is 0.500. The van der Waals surface area contributed by atoms with Gasteiger partial charge in [0.05, 0.1) is 0 Å². The van der Waals surface area contributed by atoms with E-state index in [1.165, 1.54) is 31.5 Å². The highest BCUT2D eigenvalue weighted by molar-refractivity contribution is 6.02. The van der Waals surface area contributed by atoms with Crippen LogP contribution in [-0.2, 0) is 13.0 Å². The molecule has 5 nitrogen and oxygen atoms in total. The quantitative estimate of drug-likeness (QED) is 0.840. The van der Waals surface area contributed by atoms with Gasteiger partial charge >= 0.3 is 0 Å². The van der Waals surface area contributed by atoms with Crippen molar-refractivity contribution in [3.8, 4) is 0 Å². The number of likely N-dealkylation sites (tertiary alicyclic amines) is 1. The van der Waals surface area contributed by atoms with Crippen LogP contribution in [0.15, 0.2) is 30.3 Å². The van der Waals surface area contributed by atoms with Crippen LogP contribution in [0, 0.1) is 5.92 Å². The number of aromatic nitrogens is 2. The minimum Gasteiger partial charge on any atom is -0.321 e. The van der Waals surface area contributed by atoms with Crippen LogP contribution >= 0.6 is 0 Å². The molecule has 134 valence electrons. The normalized spacial score (nSPS) is 18.2. The number of amides is 1. The number of nitrogens with zero attached hydrogens (tertiary/aromatic N) is 2. The Bertz CT molecular complexity index is 692. The van der Waals surface area contributed by atoms with Gasteiger partial charge in [-0.2, -0.15) is 5.10 Å². The molecule has 1 aromatic carbocycles. The highest BCUT2D eigenvalue weighted by Gasteiger charge is 2.16. The molecule has 5 heteroatoms. The van der Waals surface area contributed by atoms with Crippen molar-refractivity contribution in [3.63, 3.8) is 0 Å². The molecule has 1 atom stereocenters. The maximum absolute atomic E-state index is 12.3. The largest absolute Gasteiger partial charge is 0.321 e. The van der Waals surface area contributed by atoms with Crippen molar-refractivity contribution < 1.29 is 4.79 Å². The standard InChI is InChI=1S/C20H28N4O/c1-3-5-18-12-19(23-22-18)20(25)21-17-9-7-16(8-10-17)14-24-11-4-6-15(2)13-24/h7-10,12,15H,3-6,11,13-14H2,1-2H3,(H,21,25)(H,22,23). The molecule has 1 saturated heterocycles. The molecule has 0 aliphatic carbocycles. The van der Waals surface area contributed by atoms with Crippen molar-refractivity contribution in [1.29, 1.82) is 0 Å². The number of H-pyrrole nitrogens is 1. The third-order valence-corrected chi connectivity index (χ3v) is 4.74. The summed E-state index contributed by atoms with van der Waals surface area (Å²) < 4.78 is 0. The summed E-state index contributed by atoms with van der Waals surface area (Å²) in [7, 11) is 0. The predicted octanol–water partition coefficient (Wildman–Crippen LogP) is 3.85. The number of anilines is 1. The van der Waals surface area contributed by atoms with E-state index in [2.05, 4.69) is 46.4 Å². The number of hydrogen-bond donors (Lipinski definition) is 2. The molecule has 1 aliphatic heterocycles. The minimum absolute atomic E-state index is 0.170. The molecular formula is C20H28N4O. The molecule has 1 amide bonds. The number of nitrogens with one attached hydrogen (secondary N) is 2. The Hall–Kier alpha value is -2.14. The van der Waals surface area contributed by atoms with E-state index in [1.807, 2.05) is 18.2 Å². The van der Waals surface area contributed by atoms with Crippen molar-refractivity contribution in [3.05, 3.63) is 47.3 Å². The summed E-state index contributed by atoms with van der Waals surface area (Å²) in [6, 6.07) is 9.97. The fourth-order valence-corrected chi connectivity index (χ4v) is 3.45. The second-order valence-electron chi connectivity index (χ2n) is 7.16. The Morgan fingerprint density at radius 2 is 2.16 bits per heavy atom. The number of benzene rings is 1. The molecule has 2 heterocycles.